The molecule has 2 heterocycles. The third-order valence-electron chi connectivity index (χ3n) is 14.1. The van der Waals surface area contributed by atoms with Gasteiger partial charge in [-0.1, -0.05) is 34.6 Å². The van der Waals surface area contributed by atoms with Crippen molar-refractivity contribution in [1.29, 1.82) is 0 Å². The molecule has 6 rings (SSSR count). The summed E-state index contributed by atoms with van der Waals surface area (Å²) >= 11 is 0. The summed E-state index contributed by atoms with van der Waals surface area (Å²) in [6.45, 7) is 9.58. The minimum Gasteiger partial charge on any atom is -0.504 e. The standard InChI is InChI=1S/C39H60O15/c1-16(2)12-19(41)13-17(3)24-27(43)28(44)25-21-7-6-18-14-20(8-10-38(18,4)22(21)9-11-39(24,25)5)51-37-34(31(47)30(46)33(53-37)35(49)50)54-36-32(48)29(45)26(42)23(15-40)52-36/h16-18,20-23,25-26,29-34,36-37,40,42-43,45-48H,6-15H2,1-5H3,(H,49,50)/t17-,18+,20+,21-,22+,23-,25+,26-,29+,30+,31+,32-,33+,34-,36+,37-,38+,39-/m1/s1. The predicted molar refractivity (Wildman–Crippen MR) is 187 cm³/mol. The largest absolute Gasteiger partial charge is 0.504 e. The van der Waals surface area contributed by atoms with E-state index in [-0.39, 0.29) is 58.2 Å². The van der Waals surface area contributed by atoms with E-state index >= 15 is 0 Å². The van der Waals surface area contributed by atoms with Crippen molar-refractivity contribution in [2.75, 3.05) is 6.61 Å². The van der Waals surface area contributed by atoms with E-state index in [4.69, 9.17) is 18.9 Å². The monoisotopic (exact) mass is 768 g/mol. The average molecular weight is 769 g/mol. The third kappa shape index (κ3) is 7.20. The van der Waals surface area contributed by atoms with Gasteiger partial charge in [-0.15, -0.1) is 0 Å². The number of ketones is 2. The molecule has 306 valence electrons. The number of allylic oxidation sites excluding steroid dienone is 2. The highest BCUT2D eigenvalue weighted by atomic mass is 16.8. The Hall–Kier alpha value is -2.05. The SMILES string of the molecule is CC(C)CC(=O)C[C@@H](C)C1=C(O)C(=O)[C@@H]2[C@@H]3CC[C@H]4C[C@@H](O[C@@H]5O[C@H](C(=O)O)[C@@H](O)[C@H](O)[C@H]5O[C@@H]5O[C@H](CO)[C@@H](O)[C@H](O)[C@H]5O)CC[C@]4(C)[C@H]3CC[C@]12C. The molecule has 2 aliphatic heterocycles. The van der Waals surface area contributed by atoms with E-state index in [1.165, 1.54) is 0 Å². The quantitative estimate of drug-likeness (QED) is 0.138. The number of rotatable bonds is 11. The van der Waals surface area contributed by atoms with E-state index in [9.17, 15) is 55.2 Å². The highest BCUT2D eigenvalue weighted by Crippen LogP contribution is 2.67. The van der Waals surface area contributed by atoms with Gasteiger partial charge in [-0.2, -0.15) is 0 Å². The maximum atomic E-state index is 13.9. The zero-order valence-electron chi connectivity index (χ0n) is 31.8. The van der Waals surface area contributed by atoms with Crippen LogP contribution in [0.15, 0.2) is 11.3 Å². The van der Waals surface area contributed by atoms with Crippen LogP contribution in [0.3, 0.4) is 0 Å². The molecule has 8 N–H and O–H groups in total. The normalized spacial score (nSPS) is 47.2. The summed E-state index contributed by atoms with van der Waals surface area (Å²) in [5.74, 6) is -1.73. The van der Waals surface area contributed by atoms with Crippen LogP contribution < -0.4 is 0 Å². The minimum absolute atomic E-state index is 0.0548. The Balaban J connectivity index is 1.16. The lowest BCUT2D eigenvalue weighted by Gasteiger charge is -2.60. The summed E-state index contributed by atoms with van der Waals surface area (Å²) in [4.78, 5) is 38.7. The molecule has 15 nitrogen and oxygen atoms in total. The Morgan fingerprint density at radius 1 is 0.852 bits per heavy atom. The third-order valence-corrected chi connectivity index (χ3v) is 14.1. The van der Waals surface area contributed by atoms with Gasteiger partial charge in [0.05, 0.1) is 12.7 Å². The summed E-state index contributed by atoms with van der Waals surface area (Å²) in [5, 5.41) is 83.5. The fourth-order valence-corrected chi connectivity index (χ4v) is 11.5. The van der Waals surface area contributed by atoms with E-state index in [0.717, 1.165) is 31.3 Å². The van der Waals surface area contributed by atoms with E-state index in [1.54, 1.807) is 0 Å². The molecule has 0 amide bonds. The molecule has 0 unspecified atom stereocenters. The molecule has 54 heavy (non-hydrogen) atoms. The number of carboxylic acids is 1. The molecule has 0 aromatic heterocycles. The maximum absolute atomic E-state index is 13.9. The van der Waals surface area contributed by atoms with Crippen LogP contribution in [0.4, 0.5) is 0 Å². The highest BCUT2D eigenvalue weighted by Gasteiger charge is 2.64. The van der Waals surface area contributed by atoms with E-state index in [0.29, 0.717) is 32.1 Å². The fourth-order valence-electron chi connectivity index (χ4n) is 11.5. The van der Waals surface area contributed by atoms with Crippen molar-refractivity contribution in [3.63, 3.8) is 0 Å². The van der Waals surface area contributed by atoms with Gasteiger partial charge in [0.2, 0.25) is 5.78 Å². The number of fused-ring (bicyclic) bond motifs is 5. The number of aliphatic carboxylic acids is 1. The van der Waals surface area contributed by atoms with E-state index in [2.05, 4.69) is 13.8 Å². The predicted octanol–water partition coefficient (Wildman–Crippen LogP) is 1.37. The molecule has 0 aromatic carbocycles. The Bertz CT molecular complexity index is 1450. The maximum Gasteiger partial charge on any atom is 0.335 e. The number of carboxylic acid groups (broad SMARTS) is 1. The van der Waals surface area contributed by atoms with Gasteiger partial charge in [0.1, 0.15) is 48.5 Å². The molecule has 2 saturated heterocycles. The molecular weight excluding hydrogens is 708 g/mol. The lowest BCUT2D eigenvalue weighted by Crippen LogP contribution is -2.65. The lowest BCUT2D eigenvalue weighted by atomic mass is 9.44. The van der Waals surface area contributed by atoms with E-state index in [1.807, 2.05) is 20.8 Å². The summed E-state index contributed by atoms with van der Waals surface area (Å²) in [6.07, 6.45) is -11.9. The average Bonchev–Trinajstić information content (AvgIpc) is 3.31. The number of hydrogen-bond donors (Lipinski definition) is 8. The van der Waals surface area contributed by atoms with Crippen molar-refractivity contribution < 1.29 is 74.2 Å². The number of aliphatic hydroxyl groups excluding tert-OH is 7. The Morgan fingerprint density at radius 3 is 2.20 bits per heavy atom. The first-order valence-corrected chi connectivity index (χ1v) is 19.7. The van der Waals surface area contributed by atoms with Crippen LogP contribution in [0.5, 0.6) is 0 Å². The van der Waals surface area contributed by atoms with Crippen LogP contribution in [0.2, 0.25) is 0 Å². The van der Waals surface area contributed by atoms with Crippen molar-refractivity contribution >= 4 is 17.5 Å². The first-order valence-electron chi connectivity index (χ1n) is 19.7. The molecule has 0 bridgehead atoms. The highest BCUT2D eigenvalue weighted by molar-refractivity contribution is 6.00. The van der Waals surface area contributed by atoms with Gasteiger partial charge in [-0.3, -0.25) is 9.59 Å². The zero-order chi connectivity index (χ0) is 39.6. The van der Waals surface area contributed by atoms with Gasteiger partial charge in [0, 0.05) is 24.2 Å². The fraction of sp³-hybridized carbons (Fsp3) is 0.872. The van der Waals surface area contributed by atoms with Crippen LogP contribution in [0.1, 0.15) is 92.4 Å². The van der Waals surface area contributed by atoms with Crippen LogP contribution in [0.25, 0.3) is 0 Å². The number of carbonyl (C=O) groups excluding carboxylic acids is 2. The Kier molecular flexibility index (Phi) is 12.1. The second kappa shape index (κ2) is 15.7. The molecule has 15 heteroatoms. The number of aliphatic hydroxyl groups is 7. The van der Waals surface area contributed by atoms with Gasteiger partial charge in [-0.05, 0) is 85.5 Å². The summed E-state index contributed by atoms with van der Waals surface area (Å²) in [6, 6.07) is 0. The molecule has 0 aromatic rings. The number of ether oxygens (including phenoxy) is 4. The molecule has 6 aliphatic rings. The first-order chi connectivity index (χ1) is 25.3. The molecule has 0 radical (unpaired) electrons. The number of hydrogen-bond acceptors (Lipinski definition) is 14. The molecule has 18 atom stereocenters. The van der Waals surface area contributed by atoms with Gasteiger partial charge in [-0.25, -0.2) is 4.79 Å². The van der Waals surface area contributed by atoms with Crippen LogP contribution in [0, 0.1) is 46.3 Å². The van der Waals surface area contributed by atoms with Gasteiger partial charge in [0.25, 0.3) is 0 Å². The van der Waals surface area contributed by atoms with Crippen molar-refractivity contribution in [2.24, 2.45) is 46.3 Å². The second-order valence-corrected chi connectivity index (χ2v) is 17.9. The van der Waals surface area contributed by atoms with Crippen molar-refractivity contribution in [3.05, 3.63) is 11.3 Å². The van der Waals surface area contributed by atoms with Crippen LogP contribution >= 0.6 is 0 Å². The van der Waals surface area contributed by atoms with Gasteiger partial charge in [0.15, 0.2) is 24.4 Å². The Morgan fingerprint density at radius 2 is 1.56 bits per heavy atom. The van der Waals surface area contributed by atoms with Crippen molar-refractivity contribution in [1.82, 2.24) is 0 Å². The summed E-state index contributed by atoms with van der Waals surface area (Å²) in [7, 11) is 0. The summed E-state index contributed by atoms with van der Waals surface area (Å²) in [5.41, 5.74) is 0.0435. The zero-order valence-corrected chi connectivity index (χ0v) is 31.8. The smallest absolute Gasteiger partial charge is 0.335 e. The second-order valence-electron chi connectivity index (χ2n) is 17.9. The Labute approximate surface area is 315 Å². The van der Waals surface area contributed by atoms with Crippen LogP contribution in [-0.2, 0) is 33.3 Å². The van der Waals surface area contributed by atoms with Gasteiger partial charge >= 0.3 is 5.97 Å². The molecule has 3 saturated carbocycles. The van der Waals surface area contributed by atoms with Crippen molar-refractivity contribution in [2.45, 2.75) is 160 Å². The topological polar surface area (TPSA) is 250 Å². The number of Topliss-reactive ketones (excluding diaryl/α,β-unsaturated/α-hetero) is 2. The molecule has 0 spiro atoms. The van der Waals surface area contributed by atoms with E-state index < -0.39 is 85.5 Å². The molecule has 5 fully saturated rings. The molecular formula is C39H60O15. The number of carbonyl (C=O) groups is 3. The molecule has 4 aliphatic carbocycles. The summed E-state index contributed by atoms with van der Waals surface area (Å²) < 4.78 is 23.3. The van der Waals surface area contributed by atoms with Crippen molar-refractivity contribution in [3.8, 4) is 0 Å². The van der Waals surface area contributed by atoms with Crippen LogP contribution in [-0.4, -0.2) is 133 Å². The van der Waals surface area contributed by atoms with Gasteiger partial charge < -0.3 is 59.8 Å². The minimum atomic E-state index is -1.95. The lowest BCUT2D eigenvalue weighted by molar-refractivity contribution is -0.369. The first kappa shape index (κ1) is 41.6.